The van der Waals surface area contributed by atoms with Crippen LogP contribution >= 0.6 is 24.0 Å². The van der Waals surface area contributed by atoms with Crippen molar-refractivity contribution in [2.75, 3.05) is 0 Å². The number of halogens is 2. The van der Waals surface area contributed by atoms with Gasteiger partial charge in [-0.25, -0.2) is 0 Å². The number of carboxylic acids is 1. The van der Waals surface area contributed by atoms with Crippen LogP contribution in [0.2, 0.25) is 5.02 Å². The van der Waals surface area contributed by atoms with Crippen molar-refractivity contribution in [3.63, 3.8) is 0 Å². The fourth-order valence-electron chi connectivity index (χ4n) is 1.48. The lowest BCUT2D eigenvalue weighted by Crippen LogP contribution is -2.17. The van der Waals surface area contributed by atoms with E-state index in [2.05, 4.69) is 0 Å². The van der Waals surface area contributed by atoms with Crippen molar-refractivity contribution in [2.45, 2.75) is 19.8 Å². The van der Waals surface area contributed by atoms with Crippen LogP contribution < -0.4 is 0 Å². The smallest absolute Gasteiger partial charge is 0.311 e. The average molecular weight is 249 g/mol. The van der Waals surface area contributed by atoms with Crippen LogP contribution in [-0.2, 0) is 4.79 Å². The van der Waals surface area contributed by atoms with Crippen molar-refractivity contribution in [1.82, 2.24) is 0 Å². The maximum atomic E-state index is 11.0. The van der Waals surface area contributed by atoms with Gasteiger partial charge in [0.2, 0.25) is 0 Å². The molecule has 1 atom stereocenters. The largest absolute Gasteiger partial charge is 0.481 e. The molecule has 0 saturated carbocycles. The maximum Gasteiger partial charge on any atom is 0.311 e. The first kappa shape index (κ1) is 14.3. The average Bonchev–Trinajstić information content (AvgIpc) is 2.07. The highest BCUT2D eigenvalue weighted by atomic mass is 35.5. The van der Waals surface area contributed by atoms with Crippen LogP contribution in [0.25, 0.3) is 0 Å². The lowest BCUT2D eigenvalue weighted by Gasteiger charge is -2.16. The second-order valence-corrected chi connectivity index (χ2v) is 4.05. The van der Waals surface area contributed by atoms with Gasteiger partial charge in [0.15, 0.2) is 0 Å². The van der Waals surface area contributed by atoms with Gasteiger partial charge in [-0.15, -0.1) is 12.4 Å². The second-order valence-electron chi connectivity index (χ2n) is 3.61. The molecule has 0 heterocycles. The Bertz CT molecular complexity index is 320. The predicted molar refractivity (Wildman–Crippen MR) is 63.9 cm³/mol. The van der Waals surface area contributed by atoms with E-state index < -0.39 is 11.9 Å². The van der Waals surface area contributed by atoms with Gasteiger partial charge in [0.1, 0.15) is 0 Å². The van der Waals surface area contributed by atoms with Crippen LogP contribution in [0.15, 0.2) is 24.3 Å². The standard InChI is InChI=1S/C11H13ClO2.ClH/c1-7(2)10(11(13)14)8-3-5-9(12)6-4-8;/h3-7,10H,1-2H3,(H,13,14);1H/t10-;/m0./s1. The summed E-state index contributed by atoms with van der Waals surface area (Å²) in [5, 5.41) is 9.66. The van der Waals surface area contributed by atoms with E-state index in [0.29, 0.717) is 5.02 Å². The molecule has 4 heteroatoms. The quantitative estimate of drug-likeness (QED) is 0.888. The van der Waals surface area contributed by atoms with Gasteiger partial charge in [0.05, 0.1) is 5.92 Å². The third-order valence-electron chi connectivity index (χ3n) is 2.16. The molecule has 1 aromatic carbocycles. The molecule has 0 aliphatic heterocycles. The van der Waals surface area contributed by atoms with Crippen LogP contribution in [0.4, 0.5) is 0 Å². The highest BCUT2D eigenvalue weighted by molar-refractivity contribution is 6.30. The number of hydrogen-bond donors (Lipinski definition) is 1. The Morgan fingerprint density at radius 3 is 2.07 bits per heavy atom. The molecule has 0 aliphatic rings. The van der Waals surface area contributed by atoms with E-state index in [-0.39, 0.29) is 18.3 Å². The first-order chi connectivity index (χ1) is 6.52. The topological polar surface area (TPSA) is 37.3 Å². The van der Waals surface area contributed by atoms with Gasteiger partial charge in [-0.1, -0.05) is 37.6 Å². The summed E-state index contributed by atoms with van der Waals surface area (Å²) in [5.74, 6) is -1.16. The molecule has 0 aromatic heterocycles. The Morgan fingerprint density at radius 1 is 1.27 bits per heavy atom. The summed E-state index contributed by atoms with van der Waals surface area (Å²) in [6.07, 6.45) is 0. The summed E-state index contributed by atoms with van der Waals surface area (Å²) in [6, 6.07) is 6.96. The zero-order valence-corrected chi connectivity index (χ0v) is 10.2. The number of carboxylic acid groups (broad SMARTS) is 1. The Balaban J connectivity index is 0.00000196. The molecular weight excluding hydrogens is 235 g/mol. The molecule has 0 bridgehead atoms. The molecule has 0 aliphatic carbocycles. The summed E-state index contributed by atoms with van der Waals surface area (Å²) < 4.78 is 0. The molecule has 1 aromatic rings. The van der Waals surface area contributed by atoms with Crippen LogP contribution in [0.1, 0.15) is 25.3 Å². The van der Waals surface area contributed by atoms with Crippen molar-refractivity contribution in [1.29, 1.82) is 0 Å². The van der Waals surface area contributed by atoms with E-state index in [0.717, 1.165) is 5.56 Å². The third kappa shape index (κ3) is 3.73. The fourth-order valence-corrected chi connectivity index (χ4v) is 1.61. The molecule has 0 saturated heterocycles. The summed E-state index contributed by atoms with van der Waals surface area (Å²) in [6.45, 7) is 3.79. The zero-order chi connectivity index (χ0) is 10.7. The highest BCUT2D eigenvalue weighted by Gasteiger charge is 2.22. The normalized spacial score (nSPS) is 12.0. The third-order valence-corrected chi connectivity index (χ3v) is 2.41. The number of benzene rings is 1. The first-order valence-corrected chi connectivity index (χ1v) is 4.88. The summed E-state index contributed by atoms with van der Waals surface area (Å²) in [7, 11) is 0. The van der Waals surface area contributed by atoms with Gasteiger partial charge in [-0.2, -0.15) is 0 Å². The van der Waals surface area contributed by atoms with Gasteiger partial charge in [0.25, 0.3) is 0 Å². The molecule has 1 N–H and O–H groups in total. The van der Waals surface area contributed by atoms with Crippen LogP contribution in [-0.4, -0.2) is 11.1 Å². The van der Waals surface area contributed by atoms with E-state index in [1.165, 1.54) is 0 Å². The minimum atomic E-state index is -0.790. The molecule has 0 radical (unpaired) electrons. The molecule has 2 nitrogen and oxygen atoms in total. The predicted octanol–water partition coefficient (Wildman–Crippen LogP) is 3.59. The first-order valence-electron chi connectivity index (χ1n) is 4.50. The highest BCUT2D eigenvalue weighted by Crippen LogP contribution is 2.25. The second kappa shape index (κ2) is 5.99. The Hall–Kier alpha value is -0.730. The molecule has 0 fully saturated rings. The van der Waals surface area contributed by atoms with E-state index >= 15 is 0 Å². The van der Waals surface area contributed by atoms with E-state index in [1.54, 1.807) is 24.3 Å². The van der Waals surface area contributed by atoms with Gasteiger partial charge in [0, 0.05) is 5.02 Å². The van der Waals surface area contributed by atoms with Crippen molar-refractivity contribution < 1.29 is 9.90 Å². The molecule has 0 amide bonds. The molecule has 15 heavy (non-hydrogen) atoms. The van der Waals surface area contributed by atoms with Crippen LogP contribution in [0.3, 0.4) is 0 Å². The van der Waals surface area contributed by atoms with E-state index in [9.17, 15) is 4.79 Å². The molecule has 0 spiro atoms. The Morgan fingerprint density at radius 2 is 1.73 bits per heavy atom. The van der Waals surface area contributed by atoms with Crippen molar-refractivity contribution in [2.24, 2.45) is 5.92 Å². The van der Waals surface area contributed by atoms with Crippen molar-refractivity contribution in [3.05, 3.63) is 34.9 Å². The van der Waals surface area contributed by atoms with Crippen LogP contribution in [0.5, 0.6) is 0 Å². The minimum Gasteiger partial charge on any atom is -0.481 e. The van der Waals surface area contributed by atoms with Crippen molar-refractivity contribution in [3.8, 4) is 0 Å². The Labute approximate surface area is 101 Å². The fraction of sp³-hybridized carbons (Fsp3) is 0.364. The maximum absolute atomic E-state index is 11.0. The summed E-state index contributed by atoms with van der Waals surface area (Å²) in [4.78, 5) is 11.0. The monoisotopic (exact) mass is 248 g/mol. The van der Waals surface area contributed by atoms with Gasteiger partial charge < -0.3 is 5.11 Å². The molecular formula is C11H14Cl2O2. The van der Waals surface area contributed by atoms with Gasteiger partial charge in [-0.3, -0.25) is 4.79 Å². The van der Waals surface area contributed by atoms with E-state index in [1.807, 2.05) is 13.8 Å². The number of carbonyl (C=O) groups is 1. The number of rotatable bonds is 3. The summed E-state index contributed by atoms with van der Waals surface area (Å²) >= 11 is 5.73. The number of aliphatic carboxylic acids is 1. The summed E-state index contributed by atoms with van der Waals surface area (Å²) in [5.41, 5.74) is 0.803. The van der Waals surface area contributed by atoms with Crippen molar-refractivity contribution >= 4 is 30.0 Å². The Kier molecular flexibility index (Phi) is 5.69. The zero-order valence-electron chi connectivity index (χ0n) is 8.61. The molecule has 84 valence electrons. The number of hydrogen-bond acceptors (Lipinski definition) is 1. The minimum absolute atomic E-state index is 0. The van der Waals surface area contributed by atoms with Gasteiger partial charge in [-0.05, 0) is 23.6 Å². The van der Waals surface area contributed by atoms with Gasteiger partial charge >= 0.3 is 5.97 Å². The lowest BCUT2D eigenvalue weighted by molar-refractivity contribution is -0.139. The van der Waals surface area contributed by atoms with E-state index in [4.69, 9.17) is 16.7 Å². The van der Waals surface area contributed by atoms with Crippen LogP contribution in [0, 0.1) is 5.92 Å². The molecule has 0 unspecified atom stereocenters. The lowest BCUT2D eigenvalue weighted by atomic mass is 9.89. The molecule has 1 rings (SSSR count). The SMILES string of the molecule is CC(C)[C@H](C(=O)O)c1ccc(Cl)cc1.Cl.